The van der Waals surface area contributed by atoms with Gasteiger partial charge in [-0.1, -0.05) is 0 Å². The highest BCUT2D eigenvalue weighted by Crippen LogP contribution is 2.39. The first kappa shape index (κ1) is 22.1. The number of anilines is 2. The highest BCUT2D eigenvalue weighted by molar-refractivity contribution is 6.24. The van der Waals surface area contributed by atoms with Gasteiger partial charge < -0.3 is 14.8 Å². The highest BCUT2D eigenvalue weighted by Gasteiger charge is 2.68. The van der Waals surface area contributed by atoms with E-state index in [1.165, 1.54) is 31.4 Å². The Labute approximate surface area is 170 Å². The second-order valence-electron chi connectivity index (χ2n) is 6.21. The molecule has 3 amide bonds. The number of methoxy groups -OCH3 is 1. The lowest BCUT2D eigenvalue weighted by atomic mass is 10.1. The number of amides is 3. The minimum atomic E-state index is -5.27. The minimum absolute atomic E-state index is 0.150. The summed E-state index contributed by atoms with van der Waals surface area (Å²) in [5.74, 6) is -2.05. The van der Waals surface area contributed by atoms with Crippen LogP contribution in [-0.2, 0) is 4.79 Å². The third-order valence-electron chi connectivity index (χ3n) is 4.20. The van der Waals surface area contributed by atoms with Crippen LogP contribution in [0.15, 0.2) is 48.5 Å². The maximum Gasteiger partial charge on any atom is 0.573 e. The Morgan fingerprint density at radius 3 is 1.94 bits per heavy atom. The van der Waals surface area contributed by atoms with E-state index >= 15 is 0 Å². The van der Waals surface area contributed by atoms with Gasteiger partial charge >= 0.3 is 18.6 Å². The average molecular weight is 449 g/mol. The van der Waals surface area contributed by atoms with Crippen LogP contribution in [0.3, 0.4) is 0 Å². The Morgan fingerprint density at radius 2 is 1.45 bits per heavy atom. The van der Waals surface area contributed by atoms with Crippen molar-refractivity contribution in [1.29, 1.82) is 0 Å². The van der Waals surface area contributed by atoms with Gasteiger partial charge in [0.25, 0.3) is 11.6 Å². The maximum atomic E-state index is 13.9. The monoisotopic (exact) mass is 449 g/mol. The fourth-order valence-electron chi connectivity index (χ4n) is 2.80. The molecule has 1 saturated heterocycles. The SMILES string of the molecule is COc1ccc(NC2(C(F)(F)F)NC(=O)N(c3ccc(OC(F)(F)F)cc3)C2=O)cc1. The summed E-state index contributed by atoms with van der Waals surface area (Å²) in [5, 5.41) is 3.59. The summed E-state index contributed by atoms with van der Waals surface area (Å²) in [6.45, 7) is 0. The molecule has 7 nitrogen and oxygen atoms in total. The number of carbonyl (C=O) groups is 2. The molecule has 1 atom stereocenters. The number of ether oxygens (including phenoxy) is 2. The van der Waals surface area contributed by atoms with Gasteiger partial charge in [0.1, 0.15) is 11.5 Å². The third-order valence-corrected chi connectivity index (χ3v) is 4.20. The molecular formula is C18H13F6N3O4. The Kier molecular flexibility index (Phi) is 5.38. The Morgan fingerprint density at radius 1 is 0.903 bits per heavy atom. The summed E-state index contributed by atoms with van der Waals surface area (Å²) >= 11 is 0. The molecule has 3 rings (SSSR count). The molecule has 2 N–H and O–H groups in total. The molecule has 0 spiro atoms. The van der Waals surface area contributed by atoms with Crippen molar-refractivity contribution in [2.45, 2.75) is 18.2 Å². The molecule has 31 heavy (non-hydrogen) atoms. The summed E-state index contributed by atoms with van der Waals surface area (Å²) < 4.78 is 87.1. The van der Waals surface area contributed by atoms with Gasteiger partial charge in [0.2, 0.25) is 0 Å². The number of carbonyl (C=O) groups excluding carboxylic acids is 2. The Hall–Kier alpha value is -3.64. The lowest BCUT2D eigenvalue weighted by Crippen LogP contribution is -2.64. The fraction of sp³-hybridized carbons (Fsp3) is 0.222. The van der Waals surface area contributed by atoms with E-state index in [-0.39, 0.29) is 16.3 Å². The van der Waals surface area contributed by atoms with Crippen LogP contribution in [0.2, 0.25) is 0 Å². The molecule has 1 heterocycles. The molecule has 0 aromatic heterocycles. The van der Waals surface area contributed by atoms with Crippen LogP contribution in [-0.4, -0.2) is 37.2 Å². The zero-order valence-electron chi connectivity index (χ0n) is 15.5. The van der Waals surface area contributed by atoms with E-state index in [0.717, 1.165) is 24.3 Å². The summed E-state index contributed by atoms with van der Waals surface area (Å²) in [6, 6.07) is 6.87. The van der Waals surface area contributed by atoms with Crippen LogP contribution in [0.1, 0.15) is 0 Å². The number of urea groups is 1. The van der Waals surface area contributed by atoms with E-state index in [1.54, 1.807) is 5.32 Å². The van der Waals surface area contributed by atoms with E-state index in [4.69, 9.17) is 4.74 Å². The summed E-state index contributed by atoms with van der Waals surface area (Å²) in [7, 11) is 1.35. The van der Waals surface area contributed by atoms with E-state index in [2.05, 4.69) is 4.74 Å². The van der Waals surface area contributed by atoms with Crippen molar-refractivity contribution in [2.75, 3.05) is 17.3 Å². The molecule has 2 aromatic carbocycles. The zero-order valence-corrected chi connectivity index (χ0v) is 15.5. The number of alkyl halides is 6. The molecule has 0 aliphatic carbocycles. The first-order valence-corrected chi connectivity index (χ1v) is 8.38. The van der Waals surface area contributed by atoms with Crippen LogP contribution in [0.4, 0.5) is 42.5 Å². The Bertz CT molecular complexity index is 976. The van der Waals surface area contributed by atoms with Crippen LogP contribution in [0.25, 0.3) is 0 Å². The number of imide groups is 1. The first-order valence-electron chi connectivity index (χ1n) is 8.38. The third kappa shape index (κ3) is 4.29. The first-order chi connectivity index (χ1) is 14.4. The van der Waals surface area contributed by atoms with Gasteiger partial charge in [-0.15, -0.1) is 13.2 Å². The topological polar surface area (TPSA) is 79.9 Å². The average Bonchev–Trinajstić information content (AvgIpc) is 2.92. The summed E-state index contributed by atoms with van der Waals surface area (Å²) in [4.78, 5) is 25.2. The van der Waals surface area contributed by atoms with E-state index in [9.17, 15) is 35.9 Å². The number of rotatable bonds is 5. The smallest absolute Gasteiger partial charge is 0.497 e. The summed E-state index contributed by atoms with van der Waals surface area (Å²) in [6.07, 6.45) is -10.3. The van der Waals surface area contributed by atoms with E-state index in [0.29, 0.717) is 5.75 Å². The molecular weight excluding hydrogens is 436 g/mol. The van der Waals surface area contributed by atoms with Crippen molar-refractivity contribution in [3.63, 3.8) is 0 Å². The molecule has 0 saturated carbocycles. The van der Waals surface area contributed by atoms with Crippen molar-refractivity contribution in [2.24, 2.45) is 0 Å². The highest BCUT2D eigenvalue weighted by atomic mass is 19.4. The zero-order chi connectivity index (χ0) is 23.0. The van der Waals surface area contributed by atoms with Gasteiger partial charge in [-0.05, 0) is 48.5 Å². The van der Waals surface area contributed by atoms with Crippen LogP contribution in [0, 0.1) is 0 Å². The second-order valence-corrected chi connectivity index (χ2v) is 6.21. The largest absolute Gasteiger partial charge is 0.573 e. The second kappa shape index (κ2) is 7.56. The number of benzene rings is 2. The fourth-order valence-corrected chi connectivity index (χ4v) is 2.80. The van der Waals surface area contributed by atoms with Crippen molar-refractivity contribution < 1.29 is 45.4 Å². The molecule has 13 heteroatoms. The van der Waals surface area contributed by atoms with E-state index < -0.39 is 35.9 Å². The van der Waals surface area contributed by atoms with Crippen molar-refractivity contribution in [1.82, 2.24) is 5.32 Å². The molecule has 1 aliphatic rings. The van der Waals surface area contributed by atoms with Crippen LogP contribution >= 0.6 is 0 Å². The van der Waals surface area contributed by atoms with Gasteiger partial charge in [-0.2, -0.15) is 13.2 Å². The van der Waals surface area contributed by atoms with Crippen LogP contribution in [0.5, 0.6) is 11.5 Å². The molecule has 1 aliphatic heterocycles. The van der Waals surface area contributed by atoms with E-state index in [1.807, 2.05) is 5.32 Å². The van der Waals surface area contributed by atoms with Gasteiger partial charge in [0.15, 0.2) is 0 Å². The number of nitrogens with zero attached hydrogens (tertiary/aromatic N) is 1. The molecule has 2 aromatic rings. The van der Waals surface area contributed by atoms with Gasteiger partial charge in [0.05, 0.1) is 12.8 Å². The quantitative estimate of drug-likeness (QED) is 0.533. The number of halogens is 6. The van der Waals surface area contributed by atoms with Gasteiger partial charge in [-0.3, -0.25) is 10.1 Å². The Balaban J connectivity index is 1.93. The molecule has 1 unspecified atom stereocenters. The maximum absolute atomic E-state index is 13.9. The summed E-state index contributed by atoms with van der Waals surface area (Å²) in [5.41, 5.74) is -4.04. The van der Waals surface area contributed by atoms with Crippen LogP contribution < -0.4 is 25.0 Å². The number of hydrogen-bond donors (Lipinski definition) is 2. The predicted molar refractivity (Wildman–Crippen MR) is 94.5 cm³/mol. The number of nitrogens with one attached hydrogen (secondary N) is 2. The molecule has 0 radical (unpaired) electrons. The van der Waals surface area contributed by atoms with Gasteiger partial charge in [-0.25, -0.2) is 9.69 Å². The van der Waals surface area contributed by atoms with Crippen molar-refractivity contribution >= 4 is 23.3 Å². The predicted octanol–water partition coefficient (Wildman–Crippen LogP) is 4.02. The standard InChI is InChI=1S/C18H13F6N3O4/c1-30-12-6-2-10(3-7-12)25-16(17(19,20)21)14(28)27(15(29)26-16)11-4-8-13(9-5-11)31-18(22,23)24/h2-9,25H,1H3,(H,26,29). The number of hydrogen-bond acceptors (Lipinski definition) is 5. The molecule has 0 bridgehead atoms. The van der Waals surface area contributed by atoms with Crippen molar-refractivity contribution in [3.05, 3.63) is 48.5 Å². The lowest BCUT2D eigenvalue weighted by Gasteiger charge is -2.30. The van der Waals surface area contributed by atoms with Crippen molar-refractivity contribution in [3.8, 4) is 11.5 Å². The van der Waals surface area contributed by atoms with Gasteiger partial charge in [0, 0.05) is 5.69 Å². The molecule has 1 fully saturated rings. The lowest BCUT2D eigenvalue weighted by molar-refractivity contribution is -0.274. The molecule has 166 valence electrons. The minimum Gasteiger partial charge on any atom is -0.497 e. The normalized spacial score (nSPS) is 19.3.